The summed E-state index contributed by atoms with van der Waals surface area (Å²) >= 11 is 0. The van der Waals surface area contributed by atoms with Gasteiger partial charge >= 0.3 is 6.18 Å². The normalized spacial score (nSPS) is 16.7. The lowest BCUT2D eigenvalue weighted by Crippen LogP contribution is -2.40. The number of guanidine groups is 1. The minimum Gasteiger partial charge on any atom is -0.497 e. The van der Waals surface area contributed by atoms with Gasteiger partial charge in [-0.05, 0) is 37.0 Å². The number of nitrogens with zero attached hydrogens (tertiary/aromatic N) is 2. The van der Waals surface area contributed by atoms with E-state index in [1.165, 1.54) is 19.2 Å². The molecule has 22 heavy (non-hydrogen) atoms. The third-order valence-corrected chi connectivity index (χ3v) is 3.71. The van der Waals surface area contributed by atoms with E-state index >= 15 is 0 Å². The SMILES string of the molecule is COc1ccc(CN=C(N)N2CCCCC2)c(C(F)(F)F)c1. The molecule has 1 aliphatic heterocycles. The van der Waals surface area contributed by atoms with Crippen LogP contribution in [0, 0.1) is 0 Å². The van der Waals surface area contributed by atoms with E-state index in [9.17, 15) is 13.2 Å². The Morgan fingerprint density at radius 1 is 1.27 bits per heavy atom. The minimum absolute atomic E-state index is 0.0910. The van der Waals surface area contributed by atoms with E-state index in [1.807, 2.05) is 4.90 Å². The highest BCUT2D eigenvalue weighted by Gasteiger charge is 2.33. The summed E-state index contributed by atoms with van der Waals surface area (Å²) in [7, 11) is 1.33. The zero-order valence-corrected chi connectivity index (χ0v) is 12.5. The summed E-state index contributed by atoms with van der Waals surface area (Å²) in [5.41, 5.74) is 5.24. The van der Waals surface area contributed by atoms with E-state index in [0.29, 0.717) is 5.96 Å². The fourth-order valence-electron chi connectivity index (χ4n) is 2.47. The molecule has 122 valence electrons. The molecule has 1 saturated heterocycles. The van der Waals surface area contributed by atoms with Crippen LogP contribution in [0.3, 0.4) is 0 Å². The van der Waals surface area contributed by atoms with Gasteiger partial charge in [-0.1, -0.05) is 6.07 Å². The van der Waals surface area contributed by atoms with Crippen molar-refractivity contribution in [2.45, 2.75) is 32.0 Å². The van der Waals surface area contributed by atoms with Gasteiger partial charge in [0.15, 0.2) is 5.96 Å². The molecule has 0 bridgehead atoms. The topological polar surface area (TPSA) is 50.9 Å². The summed E-state index contributed by atoms with van der Waals surface area (Å²) in [5.74, 6) is 0.479. The standard InChI is InChI=1S/C15H20F3N3O/c1-22-12-6-5-11(13(9-12)15(16,17)18)10-20-14(19)21-7-3-2-4-8-21/h5-6,9H,2-4,7-8,10H2,1H3,(H2,19,20). The van der Waals surface area contributed by atoms with Crippen LogP contribution in [0.25, 0.3) is 0 Å². The number of methoxy groups -OCH3 is 1. The van der Waals surface area contributed by atoms with Crippen LogP contribution in [0.1, 0.15) is 30.4 Å². The highest BCUT2D eigenvalue weighted by Crippen LogP contribution is 2.34. The van der Waals surface area contributed by atoms with Crippen molar-refractivity contribution in [3.63, 3.8) is 0 Å². The van der Waals surface area contributed by atoms with Crippen LogP contribution in [0.4, 0.5) is 13.2 Å². The van der Waals surface area contributed by atoms with Crippen molar-refractivity contribution >= 4 is 5.96 Å². The number of nitrogens with two attached hydrogens (primary N) is 1. The van der Waals surface area contributed by atoms with E-state index < -0.39 is 11.7 Å². The molecular formula is C15H20F3N3O. The van der Waals surface area contributed by atoms with Crippen LogP contribution in [0.15, 0.2) is 23.2 Å². The number of alkyl halides is 3. The van der Waals surface area contributed by atoms with E-state index in [2.05, 4.69) is 4.99 Å². The number of aliphatic imine (C=N–C) groups is 1. The fourth-order valence-corrected chi connectivity index (χ4v) is 2.47. The van der Waals surface area contributed by atoms with Crippen molar-refractivity contribution in [3.8, 4) is 5.75 Å². The monoisotopic (exact) mass is 315 g/mol. The maximum Gasteiger partial charge on any atom is 0.416 e. The molecule has 0 saturated carbocycles. The zero-order valence-electron chi connectivity index (χ0n) is 12.5. The summed E-state index contributed by atoms with van der Waals surface area (Å²) in [6, 6.07) is 3.87. The predicted octanol–water partition coefficient (Wildman–Crippen LogP) is 3.01. The van der Waals surface area contributed by atoms with Gasteiger partial charge in [-0.25, -0.2) is 4.99 Å². The lowest BCUT2D eigenvalue weighted by atomic mass is 10.1. The summed E-state index contributed by atoms with van der Waals surface area (Å²) in [4.78, 5) is 6.04. The number of halogens is 3. The maximum absolute atomic E-state index is 13.1. The number of hydrogen-bond donors (Lipinski definition) is 1. The highest BCUT2D eigenvalue weighted by atomic mass is 19.4. The van der Waals surface area contributed by atoms with Gasteiger partial charge in [0.25, 0.3) is 0 Å². The Labute approximate surface area is 127 Å². The molecule has 0 unspecified atom stereocenters. The van der Waals surface area contributed by atoms with Crippen molar-refractivity contribution in [3.05, 3.63) is 29.3 Å². The lowest BCUT2D eigenvalue weighted by Gasteiger charge is -2.27. The Hall–Kier alpha value is -1.92. The molecule has 0 spiro atoms. The second-order valence-corrected chi connectivity index (χ2v) is 5.24. The molecule has 0 atom stereocenters. The summed E-state index contributed by atoms with van der Waals surface area (Å²) in [6.45, 7) is 1.52. The minimum atomic E-state index is -4.45. The number of hydrogen-bond acceptors (Lipinski definition) is 2. The van der Waals surface area contributed by atoms with E-state index in [-0.39, 0.29) is 17.9 Å². The van der Waals surface area contributed by atoms with Crippen molar-refractivity contribution in [1.29, 1.82) is 0 Å². The number of likely N-dealkylation sites (tertiary alicyclic amines) is 1. The van der Waals surface area contributed by atoms with Crippen LogP contribution in [0.2, 0.25) is 0 Å². The van der Waals surface area contributed by atoms with E-state index in [1.54, 1.807) is 0 Å². The second kappa shape index (κ2) is 6.89. The Morgan fingerprint density at radius 2 is 1.95 bits per heavy atom. The van der Waals surface area contributed by atoms with Gasteiger partial charge in [0.2, 0.25) is 0 Å². The maximum atomic E-state index is 13.1. The predicted molar refractivity (Wildman–Crippen MR) is 78.7 cm³/mol. The Kier molecular flexibility index (Phi) is 5.15. The van der Waals surface area contributed by atoms with Gasteiger partial charge < -0.3 is 15.4 Å². The third-order valence-electron chi connectivity index (χ3n) is 3.71. The molecule has 1 aromatic carbocycles. The van der Waals surface area contributed by atoms with Gasteiger partial charge in [0.05, 0.1) is 19.2 Å². The van der Waals surface area contributed by atoms with Crippen molar-refractivity contribution in [2.24, 2.45) is 10.7 Å². The van der Waals surface area contributed by atoms with Gasteiger partial charge in [0.1, 0.15) is 5.75 Å². The first-order chi connectivity index (χ1) is 10.4. The van der Waals surface area contributed by atoms with E-state index in [4.69, 9.17) is 10.5 Å². The first kappa shape index (κ1) is 16.5. The largest absolute Gasteiger partial charge is 0.497 e. The summed E-state index contributed by atoms with van der Waals surface area (Å²) in [6.07, 6.45) is -1.22. The first-order valence-corrected chi connectivity index (χ1v) is 7.21. The number of rotatable bonds is 3. The van der Waals surface area contributed by atoms with Gasteiger partial charge in [-0.2, -0.15) is 13.2 Å². The average Bonchev–Trinajstić information content (AvgIpc) is 2.52. The van der Waals surface area contributed by atoms with Gasteiger partial charge in [0, 0.05) is 13.1 Å². The fraction of sp³-hybridized carbons (Fsp3) is 0.533. The molecule has 0 aromatic heterocycles. The Bertz CT molecular complexity index is 537. The number of ether oxygens (including phenoxy) is 1. The van der Waals surface area contributed by atoms with Crippen molar-refractivity contribution in [1.82, 2.24) is 4.90 Å². The molecule has 1 fully saturated rings. The summed E-state index contributed by atoms with van der Waals surface area (Å²) < 4.78 is 44.2. The van der Waals surface area contributed by atoms with Crippen LogP contribution >= 0.6 is 0 Å². The van der Waals surface area contributed by atoms with Crippen LogP contribution in [-0.2, 0) is 12.7 Å². The van der Waals surface area contributed by atoms with Crippen LogP contribution in [0.5, 0.6) is 5.75 Å². The Balaban J connectivity index is 2.18. The van der Waals surface area contributed by atoms with E-state index in [0.717, 1.165) is 38.4 Å². The number of piperidine rings is 1. The van der Waals surface area contributed by atoms with Crippen molar-refractivity contribution < 1.29 is 17.9 Å². The molecule has 1 aromatic rings. The molecule has 0 aliphatic carbocycles. The van der Waals surface area contributed by atoms with Gasteiger partial charge in [-0.3, -0.25) is 0 Å². The molecule has 2 N–H and O–H groups in total. The molecular weight excluding hydrogens is 295 g/mol. The van der Waals surface area contributed by atoms with Crippen LogP contribution < -0.4 is 10.5 Å². The summed E-state index contributed by atoms with van der Waals surface area (Å²) in [5, 5.41) is 0. The molecule has 4 nitrogen and oxygen atoms in total. The average molecular weight is 315 g/mol. The molecule has 2 rings (SSSR count). The molecule has 1 aliphatic rings. The van der Waals surface area contributed by atoms with Crippen LogP contribution in [-0.4, -0.2) is 31.1 Å². The quantitative estimate of drug-likeness (QED) is 0.689. The van der Waals surface area contributed by atoms with Gasteiger partial charge in [-0.15, -0.1) is 0 Å². The first-order valence-electron chi connectivity index (χ1n) is 7.21. The molecule has 7 heteroatoms. The molecule has 0 amide bonds. The lowest BCUT2D eigenvalue weighted by molar-refractivity contribution is -0.138. The third kappa shape index (κ3) is 4.05. The molecule has 0 radical (unpaired) electrons. The number of benzene rings is 1. The smallest absolute Gasteiger partial charge is 0.416 e. The second-order valence-electron chi connectivity index (χ2n) is 5.24. The van der Waals surface area contributed by atoms with Crippen molar-refractivity contribution in [2.75, 3.05) is 20.2 Å². The highest BCUT2D eigenvalue weighted by molar-refractivity contribution is 5.78. The Morgan fingerprint density at radius 3 is 2.55 bits per heavy atom. The zero-order chi connectivity index (χ0) is 16.2. The molecule has 1 heterocycles.